The molecule has 86 valence electrons. The average molecular weight is 266 g/mol. The maximum atomic E-state index is 6.06. The zero-order chi connectivity index (χ0) is 11.8. The van der Waals surface area contributed by atoms with E-state index in [0.717, 1.165) is 17.1 Å². The van der Waals surface area contributed by atoms with Gasteiger partial charge in [-0.3, -0.25) is 0 Å². The van der Waals surface area contributed by atoms with Gasteiger partial charge in [-0.05, 0) is 12.1 Å². The number of hydrogen-bond donors (Lipinski definition) is 1. The Morgan fingerprint density at radius 1 is 1.35 bits per heavy atom. The molecule has 2 aromatic heterocycles. The number of halogens is 1. The SMILES string of the molecule is CNc1nsnc1-c1cc2cccc(Cl)c2o1. The highest BCUT2D eigenvalue weighted by atomic mass is 35.5. The predicted molar refractivity (Wildman–Crippen MR) is 69.7 cm³/mol. The van der Waals surface area contributed by atoms with Crippen LogP contribution in [0.3, 0.4) is 0 Å². The summed E-state index contributed by atoms with van der Waals surface area (Å²) in [6.45, 7) is 0. The Kier molecular flexibility index (Phi) is 2.49. The first-order valence-electron chi connectivity index (χ1n) is 4.98. The van der Waals surface area contributed by atoms with Gasteiger partial charge in [0.05, 0.1) is 16.8 Å². The molecule has 0 aliphatic carbocycles. The number of rotatable bonds is 2. The third-order valence-corrected chi connectivity index (χ3v) is 3.28. The van der Waals surface area contributed by atoms with Gasteiger partial charge in [-0.25, -0.2) is 0 Å². The quantitative estimate of drug-likeness (QED) is 0.768. The van der Waals surface area contributed by atoms with Crippen LogP contribution in [0.5, 0.6) is 0 Å². The predicted octanol–water partition coefficient (Wildman–Crippen LogP) is 3.65. The summed E-state index contributed by atoms with van der Waals surface area (Å²) >= 11 is 7.21. The third kappa shape index (κ3) is 1.67. The van der Waals surface area contributed by atoms with Gasteiger partial charge in [0.1, 0.15) is 0 Å². The van der Waals surface area contributed by atoms with Crippen molar-refractivity contribution in [3.05, 3.63) is 29.3 Å². The van der Waals surface area contributed by atoms with Crippen LogP contribution in [0.25, 0.3) is 22.4 Å². The maximum absolute atomic E-state index is 6.06. The summed E-state index contributed by atoms with van der Waals surface area (Å²) < 4.78 is 14.1. The van der Waals surface area contributed by atoms with E-state index in [1.165, 1.54) is 0 Å². The minimum absolute atomic E-state index is 0.600. The first kappa shape index (κ1) is 10.6. The molecule has 1 N–H and O–H groups in total. The molecular formula is C11H8ClN3OS. The largest absolute Gasteiger partial charge is 0.453 e. The van der Waals surface area contributed by atoms with Gasteiger partial charge in [-0.1, -0.05) is 23.7 Å². The maximum Gasteiger partial charge on any atom is 0.171 e. The molecule has 3 rings (SSSR count). The van der Waals surface area contributed by atoms with Crippen LogP contribution in [-0.2, 0) is 0 Å². The van der Waals surface area contributed by atoms with E-state index in [9.17, 15) is 0 Å². The molecule has 1 aromatic carbocycles. The number of benzene rings is 1. The van der Waals surface area contributed by atoms with Gasteiger partial charge in [0.15, 0.2) is 22.9 Å². The van der Waals surface area contributed by atoms with Crippen LogP contribution >= 0.6 is 23.3 Å². The zero-order valence-corrected chi connectivity index (χ0v) is 10.5. The lowest BCUT2D eigenvalue weighted by atomic mass is 10.2. The number of fused-ring (bicyclic) bond motifs is 1. The van der Waals surface area contributed by atoms with E-state index in [2.05, 4.69) is 14.1 Å². The molecule has 0 amide bonds. The molecular weight excluding hydrogens is 258 g/mol. The molecule has 0 saturated carbocycles. The Labute approximate surface area is 107 Å². The fourth-order valence-electron chi connectivity index (χ4n) is 1.66. The van der Waals surface area contributed by atoms with Gasteiger partial charge in [-0.15, -0.1) is 0 Å². The minimum Gasteiger partial charge on any atom is -0.453 e. The fourth-order valence-corrected chi connectivity index (χ4v) is 2.44. The number of aromatic nitrogens is 2. The smallest absolute Gasteiger partial charge is 0.171 e. The van der Waals surface area contributed by atoms with Crippen LogP contribution in [0.15, 0.2) is 28.7 Å². The molecule has 0 aliphatic heterocycles. The summed E-state index contributed by atoms with van der Waals surface area (Å²) in [5.41, 5.74) is 1.39. The molecule has 2 heterocycles. The molecule has 0 aliphatic rings. The minimum atomic E-state index is 0.600. The first-order valence-corrected chi connectivity index (χ1v) is 6.09. The Morgan fingerprint density at radius 3 is 3.00 bits per heavy atom. The van der Waals surface area contributed by atoms with E-state index >= 15 is 0 Å². The van der Waals surface area contributed by atoms with Crippen LogP contribution in [0, 0.1) is 0 Å². The van der Waals surface area contributed by atoms with Crippen LogP contribution in [0.4, 0.5) is 5.82 Å². The van der Waals surface area contributed by atoms with Crippen LogP contribution in [0.1, 0.15) is 0 Å². The van der Waals surface area contributed by atoms with Crippen molar-refractivity contribution in [1.29, 1.82) is 0 Å². The molecule has 0 unspecified atom stereocenters. The Hall–Kier alpha value is -1.59. The number of furan rings is 1. The summed E-state index contributed by atoms with van der Waals surface area (Å²) in [5.74, 6) is 1.39. The highest BCUT2D eigenvalue weighted by Crippen LogP contribution is 2.33. The Bertz CT molecular complexity index is 676. The monoisotopic (exact) mass is 265 g/mol. The van der Waals surface area contributed by atoms with Crippen LogP contribution in [0.2, 0.25) is 5.02 Å². The van der Waals surface area contributed by atoms with Gasteiger partial charge in [0.25, 0.3) is 0 Å². The second kappa shape index (κ2) is 4.01. The fraction of sp³-hybridized carbons (Fsp3) is 0.0909. The van der Waals surface area contributed by atoms with E-state index in [4.69, 9.17) is 16.0 Å². The van der Waals surface area contributed by atoms with Gasteiger partial charge < -0.3 is 9.73 Å². The van der Waals surface area contributed by atoms with Crippen molar-refractivity contribution in [2.24, 2.45) is 0 Å². The summed E-state index contributed by atoms with van der Waals surface area (Å²) in [5, 5.41) is 4.54. The Balaban J connectivity index is 2.22. The van der Waals surface area contributed by atoms with Gasteiger partial charge in [0.2, 0.25) is 0 Å². The molecule has 6 heteroatoms. The molecule has 17 heavy (non-hydrogen) atoms. The lowest BCUT2D eigenvalue weighted by Crippen LogP contribution is -1.89. The van der Waals surface area contributed by atoms with Crippen LogP contribution in [-0.4, -0.2) is 15.8 Å². The number of hydrogen-bond acceptors (Lipinski definition) is 5. The van der Waals surface area contributed by atoms with Crippen molar-refractivity contribution in [1.82, 2.24) is 8.75 Å². The third-order valence-electron chi connectivity index (χ3n) is 2.45. The van der Waals surface area contributed by atoms with Crippen molar-refractivity contribution >= 4 is 40.1 Å². The molecule has 0 fully saturated rings. The Morgan fingerprint density at radius 2 is 2.24 bits per heavy atom. The van der Waals surface area contributed by atoms with E-state index in [-0.39, 0.29) is 0 Å². The van der Waals surface area contributed by atoms with E-state index in [1.54, 1.807) is 13.1 Å². The molecule has 0 bridgehead atoms. The molecule has 3 aromatic rings. The molecule has 0 spiro atoms. The lowest BCUT2D eigenvalue weighted by molar-refractivity contribution is 0.630. The number of nitrogens with zero attached hydrogens (tertiary/aromatic N) is 2. The first-order chi connectivity index (χ1) is 8.29. The summed E-state index contributed by atoms with van der Waals surface area (Å²) in [7, 11) is 1.80. The molecule has 4 nitrogen and oxygen atoms in total. The van der Waals surface area contributed by atoms with Gasteiger partial charge in [-0.2, -0.15) is 8.75 Å². The standard InChI is InChI=1S/C11H8ClN3OS/c1-13-11-9(14-17-15-11)8-5-6-3-2-4-7(12)10(6)16-8/h2-5H,1H3,(H,13,15). The van der Waals surface area contributed by atoms with Gasteiger partial charge in [0, 0.05) is 12.4 Å². The number of nitrogens with one attached hydrogen (secondary N) is 1. The van der Waals surface area contributed by atoms with Crippen molar-refractivity contribution in [2.45, 2.75) is 0 Å². The summed E-state index contributed by atoms with van der Waals surface area (Å²) in [4.78, 5) is 0. The van der Waals surface area contributed by atoms with Crippen LogP contribution < -0.4 is 5.32 Å². The summed E-state index contributed by atoms with van der Waals surface area (Å²) in [6, 6.07) is 7.56. The zero-order valence-electron chi connectivity index (χ0n) is 8.90. The van der Waals surface area contributed by atoms with Crippen molar-refractivity contribution < 1.29 is 4.42 Å². The summed E-state index contributed by atoms with van der Waals surface area (Å²) in [6.07, 6.45) is 0. The van der Waals surface area contributed by atoms with E-state index < -0.39 is 0 Å². The highest BCUT2D eigenvalue weighted by molar-refractivity contribution is 6.99. The lowest BCUT2D eigenvalue weighted by Gasteiger charge is -1.94. The second-order valence-electron chi connectivity index (χ2n) is 3.48. The average Bonchev–Trinajstić information content (AvgIpc) is 2.94. The normalized spacial score (nSPS) is 10.9. The van der Waals surface area contributed by atoms with Crippen molar-refractivity contribution in [3.63, 3.8) is 0 Å². The topological polar surface area (TPSA) is 51.0 Å². The second-order valence-corrected chi connectivity index (χ2v) is 4.42. The van der Waals surface area contributed by atoms with Gasteiger partial charge >= 0.3 is 0 Å². The molecule has 0 radical (unpaired) electrons. The molecule has 0 atom stereocenters. The van der Waals surface area contributed by atoms with Crippen molar-refractivity contribution in [2.75, 3.05) is 12.4 Å². The molecule has 0 saturated heterocycles. The van der Waals surface area contributed by atoms with E-state index in [1.807, 2.05) is 18.2 Å². The highest BCUT2D eigenvalue weighted by Gasteiger charge is 2.15. The van der Waals surface area contributed by atoms with E-state index in [0.29, 0.717) is 27.9 Å². The number of anilines is 1. The van der Waals surface area contributed by atoms with Crippen molar-refractivity contribution in [3.8, 4) is 11.5 Å². The number of para-hydroxylation sites is 1.